The molecule has 0 aromatic heterocycles. The minimum atomic E-state index is -0.843. The molecule has 2 amide bonds. The van der Waals surface area contributed by atoms with E-state index >= 15 is 0 Å². The zero-order chi connectivity index (χ0) is 16.6. The number of anilines is 2. The molecular formula is C17H14F2N2O2. The van der Waals surface area contributed by atoms with Crippen LogP contribution in [0, 0.1) is 18.6 Å². The molecule has 1 aliphatic heterocycles. The van der Waals surface area contributed by atoms with E-state index < -0.39 is 29.5 Å². The lowest BCUT2D eigenvalue weighted by Crippen LogP contribution is -2.35. The number of amides is 2. The lowest BCUT2D eigenvalue weighted by Gasteiger charge is -2.16. The topological polar surface area (TPSA) is 49.4 Å². The average molecular weight is 316 g/mol. The minimum Gasteiger partial charge on any atom is -0.373 e. The molecule has 118 valence electrons. The van der Waals surface area contributed by atoms with Crippen molar-refractivity contribution in [3.63, 3.8) is 0 Å². The second-order valence-corrected chi connectivity index (χ2v) is 5.38. The second-order valence-electron chi connectivity index (χ2n) is 5.38. The van der Waals surface area contributed by atoms with E-state index in [2.05, 4.69) is 5.32 Å². The molecule has 1 atom stereocenters. The zero-order valence-electron chi connectivity index (χ0n) is 12.3. The summed E-state index contributed by atoms with van der Waals surface area (Å²) in [5.41, 5.74) is 0.814. The highest BCUT2D eigenvalue weighted by atomic mass is 19.1. The summed E-state index contributed by atoms with van der Waals surface area (Å²) in [7, 11) is 0. The number of hydrogen-bond acceptors (Lipinski definition) is 3. The van der Waals surface area contributed by atoms with Crippen LogP contribution in [0.4, 0.5) is 20.2 Å². The van der Waals surface area contributed by atoms with Crippen molar-refractivity contribution in [3.05, 3.63) is 59.7 Å². The standard InChI is InChI=1S/C17H14F2N2O2/c1-10-6-7-11(8-13(10)19)20-14-9-16(22)21(17(14)23)15-5-3-2-4-12(15)18/h2-8,14,20H,9H2,1H3/t14-/m1/s1. The SMILES string of the molecule is Cc1ccc(N[C@@H]2CC(=O)N(c3ccccc3F)C2=O)cc1F. The zero-order valence-corrected chi connectivity index (χ0v) is 12.3. The molecule has 0 radical (unpaired) electrons. The van der Waals surface area contributed by atoms with E-state index in [1.165, 1.54) is 24.3 Å². The molecule has 0 bridgehead atoms. The normalized spacial score (nSPS) is 17.7. The third kappa shape index (κ3) is 2.79. The van der Waals surface area contributed by atoms with Crippen molar-refractivity contribution in [2.24, 2.45) is 0 Å². The molecule has 0 spiro atoms. The predicted octanol–water partition coefficient (Wildman–Crippen LogP) is 3.02. The van der Waals surface area contributed by atoms with Crippen molar-refractivity contribution in [1.29, 1.82) is 0 Å². The number of rotatable bonds is 3. The van der Waals surface area contributed by atoms with Crippen LogP contribution in [0.2, 0.25) is 0 Å². The fourth-order valence-corrected chi connectivity index (χ4v) is 2.51. The maximum absolute atomic E-state index is 13.8. The minimum absolute atomic E-state index is 0.0677. The highest BCUT2D eigenvalue weighted by Gasteiger charge is 2.40. The van der Waals surface area contributed by atoms with Crippen LogP contribution in [0.5, 0.6) is 0 Å². The number of nitrogens with zero attached hydrogens (tertiary/aromatic N) is 1. The fourth-order valence-electron chi connectivity index (χ4n) is 2.51. The first-order valence-electron chi connectivity index (χ1n) is 7.11. The number of hydrogen-bond donors (Lipinski definition) is 1. The number of nitrogens with one attached hydrogen (secondary N) is 1. The van der Waals surface area contributed by atoms with Gasteiger partial charge in [-0.25, -0.2) is 13.7 Å². The molecule has 3 rings (SSSR count). The van der Waals surface area contributed by atoms with Gasteiger partial charge in [0.15, 0.2) is 0 Å². The van der Waals surface area contributed by atoms with Gasteiger partial charge < -0.3 is 5.32 Å². The third-order valence-electron chi connectivity index (χ3n) is 3.75. The smallest absolute Gasteiger partial charge is 0.256 e. The van der Waals surface area contributed by atoms with Crippen molar-refractivity contribution < 1.29 is 18.4 Å². The molecule has 2 aromatic rings. The summed E-state index contributed by atoms with van der Waals surface area (Å²) in [6.45, 7) is 1.63. The Bertz CT molecular complexity index is 792. The van der Waals surface area contributed by atoms with Crippen molar-refractivity contribution in [1.82, 2.24) is 0 Å². The van der Waals surface area contributed by atoms with Gasteiger partial charge in [-0.3, -0.25) is 9.59 Å². The van der Waals surface area contributed by atoms with E-state index in [4.69, 9.17) is 0 Å². The third-order valence-corrected chi connectivity index (χ3v) is 3.75. The van der Waals surface area contributed by atoms with Crippen LogP contribution in [0.15, 0.2) is 42.5 Å². The van der Waals surface area contributed by atoms with Gasteiger partial charge in [-0.05, 0) is 36.8 Å². The molecule has 0 unspecified atom stereocenters. The van der Waals surface area contributed by atoms with E-state index in [-0.39, 0.29) is 12.1 Å². The summed E-state index contributed by atoms with van der Waals surface area (Å²) in [6, 6.07) is 9.22. The van der Waals surface area contributed by atoms with Gasteiger partial charge in [-0.15, -0.1) is 0 Å². The van der Waals surface area contributed by atoms with Crippen LogP contribution in [0.1, 0.15) is 12.0 Å². The van der Waals surface area contributed by atoms with Crippen LogP contribution in [-0.4, -0.2) is 17.9 Å². The summed E-state index contributed by atoms with van der Waals surface area (Å²) in [5, 5.41) is 2.83. The Morgan fingerprint density at radius 3 is 2.52 bits per heavy atom. The Morgan fingerprint density at radius 2 is 1.83 bits per heavy atom. The number of carbonyl (C=O) groups is 2. The molecule has 1 fully saturated rings. The Balaban J connectivity index is 1.84. The van der Waals surface area contributed by atoms with Gasteiger partial charge in [0.1, 0.15) is 17.7 Å². The van der Waals surface area contributed by atoms with Crippen LogP contribution >= 0.6 is 0 Å². The van der Waals surface area contributed by atoms with Crippen LogP contribution in [-0.2, 0) is 9.59 Å². The van der Waals surface area contributed by atoms with Crippen molar-refractivity contribution >= 4 is 23.2 Å². The van der Waals surface area contributed by atoms with Crippen molar-refractivity contribution in [3.8, 4) is 0 Å². The Labute approximate surface area is 131 Å². The van der Waals surface area contributed by atoms with Crippen molar-refractivity contribution in [2.45, 2.75) is 19.4 Å². The van der Waals surface area contributed by atoms with Crippen molar-refractivity contribution in [2.75, 3.05) is 10.2 Å². The molecule has 4 nitrogen and oxygen atoms in total. The number of aryl methyl sites for hydroxylation is 1. The van der Waals surface area contributed by atoms with Gasteiger partial charge in [0.05, 0.1) is 12.1 Å². The first kappa shape index (κ1) is 15.1. The summed E-state index contributed by atoms with van der Waals surface area (Å²) in [5.74, 6) is -2.10. The number of para-hydroxylation sites is 1. The largest absolute Gasteiger partial charge is 0.373 e. The Morgan fingerprint density at radius 1 is 1.09 bits per heavy atom. The molecule has 0 aliphatic carbocycles. The number of carbonyl (C=O) groups excluding carboxylic acids is 2. The number of halogens is 2. The van der Waals surface area contributed by atoms with E-state index in [0.29, 0.717) is 11.3 Å². The quantitative estimate of drug-likeness (QED) is 0.886. The van der Waals surface area contributed by atoms with Crippen LogP contribution in [0.25, 0.3) is 0 Å². The lowest BCUT2D eigenvalue weighted by molar-refractivity contribution is -0.121. The second kappa shape index (κ2) is 5.79. The molecule has 23 heavy (non-hydrogen) atoms. The van der Waals surface area contributed by atoms with Gasteiger partial charge in [-0.2, -0.15) is 0 Å². The average Bonchev–Trinajstić information content (AvgIpc) is 2.78. The molecule has 2 aromatic carbocycles. The number of benzene rings is 2. The van der Waals surface area contributed by atoms with E-state index in [1.54, 1.807) is 25.1 Å². The summed E-state index contributed by atoms with van der Waals surface area (Å²) >= 11 is 0. The van der Waals surface area contributed by atoms with Gasteiger partial charge in [-0.1, -0.05) is 18.2 Å². The molecule has 0 saturated carbocycles. The summed E-state index contributed by atoms with van der Waals surface area (Å²) in [4.78, 5) is 25.3. The van der Waals surface area contributed by atoms with Gasteiger partial charge in [0.2, 0.25) is 5.91 Å². The first-order chi connectivity index (χ1) is 11.0. The highest BCUT2D eigenvalue weighted by molar-refractivity contribution is 6.23. The Kier molecular flexibility index (Phi) is 3.82. The van der Waals surface area contributed by atoms with Gasteiger partial charge in [0, 0.05) is 5.69 Å². The highest BCUT2D eigenvalue weighted by Crippen LogP contribution is 2.27. The van der Waals surface area contributed by atoms with E-state index in [1.807, 2.05) is 0 Å². The predicted molar refractivity (Wildman–Crippen MR) is 82.1 cm³/mol. The molecular weight excluding hydrogens is 302 g/mol. The first-order valence-corrected chi connectivity index (χ1v) is 7.11. The molecule has 6 heteroatoms. The lowest BCUT2D eigenvalue weighted by atomic mass is 10.2. The van der Waals surface area contributed by atoms with Crippen LogP contribution in [0.3, 0.4) is 0 Å². The summed E-state index contributed by atoms with van der Waals surface area (Å²) in [6.07, 6.45) is -0.108. The molecule has 1 N–H and O–H groups in total. The maximum atomic E-state index is 13.8. The molecule has 1 saturated heterocycles. The molecule has 1 heterocycles. The fraction of sp³-hybridized carbons (Fsp3) is 0.176. The summed E-state index contributed by atoms with van der Waals surface area (Å²) < 4.78 is 27.4. The van der Waals surface area contributed by atoms with Gasteiger partial charge in [0.25, 0.3) is 5.91 Å². The monoisotopic (exact) mass is 316 g/mol. The maximum Gasteiger partial charge on any atom is 0.256 e. The van der Waals surface area contributed by atoms with E-state index in [9.17, 15) is 18.4 Å². The Hall–Kier alpha value is -2.76. The van der Waals surface area contributed by atoms with E-state index in [0.717, 1.165) is 4.90 Å². The molecule has 1 aliphatic rings. The van der Waals surface area contributed by atoms with Crippen LogP contribution < -0.4 is 10.2 Å². The van der Waals surface area contributed by atoms with Gasteiger partial charge >= 0.3 is 0 Å². The number of imide groups is 1.